The molecule has 0 spiro atoms. The predicted octanol–water partition coefficient (Wildman–Crippen LogP) is 5.55. The molecule has 1 rings (SSSR count). The van der Waals surface area contributed by atoms with Crippen molar-refractivity contribution in [2.75, 3.05) is 6.61 Å². The van der Waals surface area contributed by atoms with Crippen LogP contribution in [0.4, 0.5) is 0 Å². The summed E-state index contributed by atoms with van der Waals surface area (Å²) in [6.45, 7) is 4.89. The van der Waals surface area contributed by atoms with Crippen molar-refractivity contribution in [2.45, 2.75) is 71.6 Å². The zero-order valence-electron chi connectivity index (χ0n) is 14.4. The Balaban J connectivity index is 2.31. The molecule has 0 aliphatic carbocycles. The van der Waals surface area contributed by atoms with Gasteiger partial charge in [-0.1, -0.05) is 82.7 Å². The van der Waals surface area contributed by atoms with Gasteiger partial charge in [0, 0.05) is 6.42 Å². The number of rotatable bonds is 12. The maximum atomic E-state index is 12.3. The summed E-state index contributed by atoms with van der Waals surface area (Å²) in [5.41, 5.74) is 1.23. The minimum atomic E-state index is 0.0147. The Morgan fingerprint density at radius 1 is 0.955 bits per heavy atom. The highest BCUT2D eigenvalue weighted by Crippen LogP contribution is 2.19. The first-order valence-corrected chi connectivity index (χ1v) is 8.98. The minimum Gasteiger partial charge on any atom is -0.465 e. The first kappa shape index (κ1) is 18.7. The molecule has 1 unspecified atom stereocenters. The van der Waals surface area contributed by atoms with Gasteiger partial charge in [0.15, 0.2) is 0 Å². The van der Waals surface area contributed by atoms with Crippen molar-refractivity contribution < 1.29 is 9.53 Å². The molecule has 124 valence electrons. The van der Waals surface area contributed by atoms with E-state index in [9.17, 15) is 4.79 Å². The fourth-order valence-electron chi connectivity index (χ4n) is 2.68. The second kappa shape index (κ2) is 12.3. The molecule has 1 aromatic carbocycles. The first-order chi connectivity index (χ1) is 10.8. The highest BCUT2D eigenvalue weighted by atomic mass is 16.5. The molecule has 0 saturated carbocycles. The van der Waals surface area contributed by atoms with Crippen LogP contribution in [0.3, 0.4) is 0 Å². The summed E-state index contributed by atoms with van der Waals surface area (Å²) in [5, 5.41) is 0. The SMILES string of the molecule is CCCCCCC(CCCC)C(=O)OCCc1ccccc1. The van der Waals surface area contributed by atoms with Gasteiger partial charge in [0.1, 0.15) is 0 Å². The zero-order chi connectivity index (χ0) is 16.0. The Hall–Kier alpha value is -1.31. The normalized spacial score (nSPS) is 12.1. The lowest BCUT2D eigenvalue weighted by molar-refractivity contribution is -0.149. The molecule has 0 saturated heterocycles. The smallest absolute Gasteiger partial charge is 0.308 e. The Kier molecular flexibility index (Phi) is 10.4. The maximum absolute atomic E-state index is 12.3. The molecule has 2 heteroatoms. The van der Waals surface area contributed by atoms with E-state index in [0.29, 0.717) is 6.61 Å². The van der Waals surface area contributed by atoms with E-state index in [1.807, 2.05) is 18.2 Å². The van der Waals surface area contributed by atoms with Gasteiger partial charge in [-0.2, -0.15) is 0 Å². The van der Waals surface area contributed by atoms with Crippen LogP contribution in [0.25, 0.3) is 0 Å². The van der Waals surface area contributed by atoms with E-state index in [2.05, 4.69) is 26.0 Å². The van der Waals surface area contributed by atoms with E-state index in [-0.39, 0.29) is 11.9 Å². The van der Waals surface area contributed by atoms with E-state index in [0.717, 1.165) is 38.5 Å². The summed E-state index contributed by atoms with van der Waals surface area (Å²) in [5.74, 6) is 0.119. The fourth-order valence-corrected chi connectivity index (χ4v) is 2.68. The van der Waals surface area contributed by atoms with E-state index in [1.54, 1.807) is 0 Å². The monoisotopic (exact) mass is 304 g/mol. The Labute approximate surface area is 136 Å². The van der Waals surface area contributed by atoms with Gasteiger partial charge in [-0.3, -0.25) is 4.79 Å². The fraction of sp³-hybridized carbons (Fsp3) is 0.650. The van der Waals surface area contributed by atoms with Crippen molar-refractivity contribution in [1.82, 2.24) is 0 Å². The van der Waals surface area contributed by atoms with Crippen LogP contribution < -0.4 is 0 Å². The van der Waals surface area contributed by atoms with Crippen LogP contribution in [0, 0.1) is 5.92 Å². The van der Waals surface area contributed by atoms with E-state index >= 15 is 0 Å². The number of benzene rings is 1. The molecule has 0 radical (unpaired) electrons. The highest BCUT2D eigenvalue weighted by molar-refractivity contribution is 5.72. The van der Waals surface area contributed by atoms with E-state index < -0.39 is 0 Å². The lowest BCUT2D eigenvalue weighted by Crippen LogP contribution is -2.19. The molecule has 0 aliphatic heterocycles. The largest absolute Gasteiger partial charge is 0.465 e. The van der Waals surface area contributed by atoms with E-state index in [4.69, 9.17) is 4.74 Å². The van der Waals surface area contributed by atoms with Gasteiger partial charge in [-0.15, -0.1) is 0 Å². The van der Waals surface area contributed by atoms with Crippen LogP contribution in [-0.2, 0) is 16.0 Å². The number of esters is 1. The number of ether oxygens (including phenoxy) is 1. The van der Waals surface area contributed by atoms with Crippen molar-refractivity contribution in [3.05, 3.63) is 35.9 Å². The Morgan fingerprint density at radius 2 is 1.64 bits per heavy atom. The van der Waals surface area contributed by atoms with Crippen LogP contribution >= 0.6 is 0 Å². The average Bonchev–Trinajstić information content (AvgIpc) is 2.55. The van der Waals surface area contributed by atoms with Gasteiger partial charge in [0.25, 0.3) is 0 Å². The summed E-state index contributed by atoms with van der Waals surface area (Å²) in [4.78, 5) is 12.3. The molecule has 0 bridgehead atoms. The third-order valence-corrected chi connectivity index (χ3v) is 4.12. The van der Waals surface area contributed by atoms with Crippen LogP contribution in [0.15, 0.2) is 30.3 Å². The molecule has 1 aromatic rings. The molecule has 1 atom stereocenters. The number of hydrogen-bond donors (Lipinski definition) is 0. The predicted molar refractivity (Wildman–Crippen MR) is 92.9 cm³/mol. The number of hydrogen-bond acceptors (Lipinski definition) is 2. The van der Waals surface area contributed by atoms with Crippen molar-refractivity contribution in [1.29, 1.82) is 0 Å². The third-order valence-electron chi connectivity index (χ3n) is 4.12. The Morgan fingerprint density at radius 3 is 2.32 bits per heavy atom. The molecule has 0 heterocycles. The molecule has 0 amide bonds. The van der Waals surface area contributed by atoms with Crippen molar-refractivity contribution >= 4 is 5.97 Å². The summed E-state index contributed by atoms with van der Waals surface area (Å²) < 4.78 is 5.52. The summed E-state index contributed by atoms with van der Waals surface area (Å²) >= 11 is 0. The number of unbranched alkanes of at least 4 members (excludes halogenated alkanes) is 4. The van der Waals surface area contributed by atoms with Crippen LogP contribution in [-0.4, -0.2) is 12.6 Å². The molecule has 0 fully saturated rings. The summed E-state index contributed by atoms with van der Waals surface area (Å²) in [6.07, 6.45) is 9.92. The maximum Gasteiger partial charge on any atom is 0.308 e. The van der Waals surface area contributed by atoms with Gasteiger partial charge >= 0.3 is 5.97 Å². The summed E-state index contributed by atoms with van der Waals surface area (Å²) in [6, 6.07) is 10.2. The first-order valence-electron chi connectivity index (χ1n) is 8.98. The van der Waals surface area contributed by atoms with Gasteiger partial charge in [0.2, 0.25) is 0 Å². The van der Waals surface area contributed by atoms with E-state index in [1.165, 1.54) is 24.8 Å². The van der Waals surface area contributed by atoms with Crippen molar-refractivity contribution in [3.63, 3.8) is 0 Å². The quantitative estimate of drug-likeness (QED) is 0.374. The lowest BCUT2D eigenvalue weighted by Gasteiger charge is -2.15. The van der Waals surface area contributed by atoms with Crippen LogP contribution in [0.5, 0.6) is 0 Å². The zero-order valence-corrected chi connectivity index (χ0v) is 14.4. The van der Waals surface area contributed by atoms with Crippen molar-refractivity contribution in [2.24, 2.45) is 5.92 Å². The topological polar surface area (TPSA) is 26.3 Å². The standard InChI is InChI=1S/C20H32O2/c1-3-5-7-11-15-19(14-6-4-2)20(21)22-17-16-18-12-9-8-10-13-18/h8-10,12-13,19H,3-7,11,14-17H2,1-2H3. The Bertz CT molecular complexity index is 386. The lowest BCUT2D eigenvalue weighted by atomic mass is 9.95. The molecule has 0 N–H and O–H groups in total. The molecular weight excluding hydrogens is 272 g/mol. The number of carbonyl (C=O) groups excluding carboxylic acids is 1. The van der Waals surface area contributed by atoms with Gasteiger partial charge in [-0.05, 0) is 18.4 Å². The minimum absolute atomic E-state index is 0.0147. The average molecular weight is 304 g/mol. The molecular formula is C20H32O2. The second-order valence-electron chi connectivity index (χ2n) is 6.09. The van der Waals surface area contributed by atoms with Crippen LogP contribution in [0.2, 0.25) is 0 Å². The second-order valence-corrected chi connectivity index (χ2v) is 6.09. The van der Waals surface area contributed by atoms with Crippen LogP contribution in [0.1, 0.15) is 70.8 Å². The van der Waals surface area contributed by atoms with Gasteiger partial charge < -0.3 is 4.74 Å². The van der Waals surface area contributed by atoms with Gasteiger partial charge in [0.05, 0.1) is 12.5 Å². The third kappa shape index (κ3) is 8.21. The highest BCUT2D eigenvalue weighted by Gasteiger charge is 2.18. The molecule has 0 aromatic heterocycles. The number of carbonyl (C=O) groups is 1. The molecule has 22 heavy (non-hydrogen) atoms. The van der Waals surface area contributed by atoms with Crippen molar-refractivity contribution in [3.8, 4) is 0 Å². The molecule has 2 nitrogen and oxygen atoms in total. The molecule has 0 aliphatic rings. The van der Waals surface area contributed by atoms with Gasteiger partial charge in [-0.25, -0.2) is 0 Å². The summed E-state index contributed by atoms with van der Waals surface area (Å²) in [7, 11) is 0.